The molecule has 3 fully saturated rings. The fraction of sp³-hybridized carbons (Fsp3) is 0.389. The van der Waals surface area contributed by atoms with E-state index in [1.165, 1.54) is 34.4 Å². The van der Waals surface area contributed by atoms with Gasteiger partial charge in [0.1, 0.15) is 45.7 Å². The van der Waals surface area contributed by atoms with Gasteiger partial charge >= 0.3 is 0 Å². The van der Waals surface area contributed by atoms with Crippen LogP contribution in [-0.4, -0.2) is 69.6 Å². The number of thiazole rings is 1. The Bertz CT molecular complexity index is 2260. The van der Waals surface area contributed by atoms with Gasteiger partial charge in [0.15, 0.2) is 9.84 Å². The van der Waals surface area contributed by atoms with E-state index in [0.29, 0.717) is 40.4 Å². The number of sulfone groups is 1. The van der Waals surface area contributed by atoms with Gasteiger partial charge in [0.2, 0.25) is 5.95 Å². The number of halogens is 4. The van der Waals surface area contributed by atoms with Crippen LogP contribution in [0.2, 0.25) is 0 Å². The molecule has 0 amide bonds. The first-order valence-corrected chi connectivity index (χ1v) is 19.5. The molecule has 3 heterocycles. The van der Waals surface area contributed by atoms with Gasteiger partial charge in [0.25, 0.3) is 0 Å². The molecule has 8 rings (SSSR count). The molecule has 0 radical (unpaired) electrons. The highest BCUT2D eigenvalue weighted by Gasteiger charge is 2.45. The average molecular weight is 755 g/mol. The lowest BCUT2D eigenvalue weighted by Crippen LogP contribution is -2.36. The Labute approximate surface area is 300 Å². The van der Waals surface area contributed by atoms with E-state index < -0.39 is 67.9 Å². The van der Waals surface area contributed by atoms with Crippen molar-refractivity contribution in [2.75, 3.05) is 23.0 Å². The fourth-order valence-electron chi connectivity index (χ4n) is 6.93. The predicted molar refractivity (Wildman–Crippen MR) is 187 cm³/mol. The van der Waals surface area contributed by atoms with Gasteiger partial charge in [-0.3, -0.25) is 4.98 Å². The summed E-state index contributed by atoms with van der Waals surface area (Å²) >= 11 is 1.44. The molecule has 3 N–H and O–H groups in total. The van der Waals surface area contributed by atoms with Gasteiger partial charge in [-0.1, -0.05) is 6.07 Å². The second kappa shape index (κ2) is 13.3. The summed E-state index contributed by atoms with van der Waals surface area (Å²) in [5.74, 6) is -4.46. The lowest BCUT2D eigenvalue weighted by Gasteiger charge is -2.24. The van der Waals surface area contributed by atoms with Crippen molar-refractivity contribution < 1.29 is 36.2 Å². The summed E-state index contributed by atoms with van der Waals surface area (Å²) in [5.41, 5.74) is 2.77. The van der Waals surface area contributed by atoms with Crippen LogP contribution in [0.15, 0.2) is 53.6 Å². The number of rotatable bonds is 11. The molecule has 5 aromatic rings. The third-order valence-electron chi connectivity index (χ3n) is 9.95. The third kappa shape index (κ3) is 6.72. The van der Waals surface area contributed by atoms with Crippen molar-refractivity contribution in [3.63, 3.8) is 0 Å². The number of aromatic nitrogens is 4. The van der Waals surface area contributed by atoms with Crippen LogP contribution in [0.1, 0.15) is 60.9 Å². The highest BCUT2D eigenvalue weighted by Crippen LogP contribution is 2.49. The molecule has 0 saturated heterocycles. The minimum Gasteiger partial charge on any atom is -0.390 e. The van der Waals surface area contributed by atoms with Gasteiger partial charge in [-0.05, 0) is 62.4 Å². The molecule has 4 atom stereocenters. The van der Waals surface area contributed by atoms with Crippen molar-refractivity contribution in [1.29, 1.82) is 0 Å². The minimum absolute atomic E-state index is 0.0348. The maximum Gasteiger partial charge on any atom is 0.227 e. The molecule has 16 heteroatoms. The van der Waals surface area contributed by atoms with Gasteiger partial charge in [0.05, 0.1) is 51.0 Å². The van der Waals surface area contributed by atoms with Gasteiger partial charge < -0.3 is 20.4 Å². The van der Waals surface area contributed by atoms with E-state index in [-0.39, 0.29) is 36.2 Å². The standard InChI is InChI=1S/C36H34F4N6O4S2/c1-46(15-23-24(39)3-2-4-25(23)40)36-44-29(17-5-6-17)28(35-43-31-27(51-35)9-10-41-30(31)18-7-8-18)34(45-36)42-26-11-19(32(47)33(26)48)16-52(49,50)22-13-20(37)12-21(38)14-22/h2-4,9-10,12-14,17-19,26,32-33,47-48H,5-8,11,15-16H2,1H3,(H,42,44,45)/t19-,26-,32-,33+/m1/s1. The van der Waals surface area contributed by atoms with Crippen LogP contribution in [0, 0.1) is 29.2 Å². The van der Waals surface area contributed by atoms with Crippen LogP contribution in [0.4, 0.5) is 29.3 Å². The average Bonchev–Trinajstić information content (AvgIpc) is 4.04. The number of fused-ring (bicyclic) bond motifs is 1. The van der Waals surface area contributed by atoms with E-state index in [9.17, 15) is 36.2 Å². The second-order valence-corrected chi connectivity index (χ2v) is 17.0. The predicted octanol–water partition coefficient (Wildman–Crippen LogP) is 6.09. The summed E-state index contributed by atoms with van der Waals surface area (Å²) in [7, 11) is -2.66. The van der Waals surface area contributed by atoms with Crippen molar-refractivity contribution >= 4 is 43.2 Å². The van der Waals surface area contributed by atoms with Crippen LogP contribution >= 0.6 is 11.3 Å². The SMILES string of the molecule is CN(Cc1c(F)cccc1F)c1nc(N[C@@H]2C[C@H](CS(=O)(=O)c3cc(F)cc(F)c3)[C@@H](O)[C@H]2O)c(-c2nc3c(C4CC4)nccc3s2)c(C2CC2)n1. The number of pyridine rings is 1. The number of nitrogens with zero attached hydrogens (tertiary/aromatic N) is 5. The van der Waals surface area contributed by atoms with Crippen molar-refractivity contribution in [3.05, 3.63) is 88.9 Å². The molecule has 10 nitrogen and oxygen atoms in total. The molecule has 3 aliphatic carbocycles. The summed E-state index contributed by atoms with van der Waals surface area (Å²) in [6.45, 7) is -0.190. The Hall–Kier alpha value is -4.25. The Morgan fingerprint density at radius 1 is 0.904 bits per heavy atom. The summed E-state index contributed by atoms with van der Waals surface area (Å²) in [4.78, 5) is 20.3. The van der Waals surface area contributed by atoms with E-state index >= 15 is 0 Å². The quantitative estimate of drug-likeness (QED) is 0.136. The smallest absolute Gasteiger partial charge is 0.227 e. The molecule has 0 bridgehead atoms. The molecular weight excluding hydrogens is 721 g/mol. The van der Waals surface area contributed by atoms with Gasteiger partial charge in [-0.15, -0.1) is 11.3 Å². The maximum atomic E-state index is 14.7. The van der Waals surface area contributed by atoms with Gasteiger partial charge in [-0.2, -0.15) is 4.98 Å². The molecule has 0 aliphatic heterocycles. The maximum absolute atomic E-state index is 14.7. The van der Waals surface area contributed by atoms with Crippen molar-refractivity contribution in [3.8, 4) is 10.6 Å². The Balaban J connectivity index is 1.18. The van der Waals surface area contributed by atoms with Gasteiger partial charge in [-0.25, -0.2) is 35.9 Å². The minimum atomic E-state index is -4.26. The number of nitrogens with one attached hydrogen (secondary N) is 1. The normalized spacial score (nSPS) is 21.9. The third-order valence-corrected chi connectivity index (χ3v) is 12.8. The molecule has 3 saturated carbocycles. The lowest BCUT2D eigenvalue weighted by molar-refractivity contribution is 0.0216. The van der Waals surface area contributed by atoms with Crippen molar-refractivity contribution in [2.45, 2.75) is 73.6 Å². The lowest BCUT2D eigenvalue weighted by atomic mass is 10.1. The topological polar surface area (TPSA) is 141 Å². The summed E-state index contributed by atoms with van der Waals surface area (Å²) in [6, 6.07) is 6.60. The molecular formula is C36H34F4N6O4S2. The Kier molecular flexibility index (Phi) is 8.91. The van der Waals surface area contributed by atoms with Crippen LogP contribution in [0.5, 0.6) is 0 Å². The van der Waals surface area contributed by atoms with E-state index in [1.54, 1.807) is 13.2 Å². The van der Waals surface area contributed by atoms with Crippen molar-refractivity contribution in [2.24, 2.45) is 5.92 Å². The number of aliphatic hydroxyl groups is 2. The summed E-state index contributed by atoms with van der Waals surface area (Å²) in [5, 5.41) is 26.2. The number of benzene rings is 2. The first kappa shape index (κ1) is 34.8. The van der Waals surface area contributed by atoms with E-state index in [2.05, 4.69) is 10.3 Å². The first-order chi connectivity index (χ1) is 24.9. The largest absolute Gasteiger partial charge is 0.390 e. The van der Waals surface area contributed by atoms with E-state index in [1.807, 2.05) is 6.07 Å². The molecule has 52 heavy (non-hydrogen) atoms. The first-order valence-electron chi connectivity index (χ1n) is 17.0. The molecule has 0 unspecified atom stereocenters. The fourth-order valence-corrected chi connectivity index (χ4v) is 9.63. The zero-order valence-electron chi connectivity index (χ0n) is 27.8. The molecule has 2 aromatic carbocycles. The van der Waals surface area contributed by atoms with E-state index in [0.717, 1.165) is 41.6 Å². The molecule has 272 valence electrons. The highest BCUT2D eigenvalue weighted by atomic mass is 32.2. The van der Waals surface area contributed by atoms with Crippen LogP contribution < -0.4 is 10.2 Å². The number of aliphatic hydroxyl groups excluding tert-OH is 2. The number of hydrogen-bond acceptors (Lipinski definition) is 11. The number of anilines is 2. The van der Waals surface area contributed by atoms with Crippen LogP contribution in [-0.2, 0) is 16.4 Å². The van der Waals surface area contributed by atoms with Crippen LogP contribution in [0.3, 0.4) is 0 Å². The van der Waals surface area contributed by atoms with Crippen LogP contribution in [0.25, 0.3) is 20.8 Å². The van der Waals surface area contributed by atoms with E-state index in [4.69, 9.17) is 15.0 Å². The number of hydrogen-bond donors (Lipinski definition) is 3. The summed E-state index contributed by atoms with van der Waals surface area (Å²) in [6.07, 6.45) is 2.49. The van der Waals surface area contributed by atoms with Gasteiger partial charge in [0, 0.05) is 42.6 Å². The summed E-state index contributed by atoms with van der Waals surface area (Å²) < 4.78 is 84.6. The zero-order chi connectivity index (χ0) is 36.5. The highest BCUT2D eigenvalue weighted by molar-refractivity contribution is 7.91. The molecule has 3 aromatic heterocycles. The molecule has 0 spiro atoms. The zero-order valence-corrected chi connectivity index (χ0v) is 29.4. The Morgan fingerprint density at radius 2 is 1.58 bits per heavy atom. The second-order valence-electron chi connectivity index (χ2n) is 13.9. The monoisotopic (exact) mass is 754 g/mol. The van der Waals surface area contributed by atoms with Crippen molar-refractivity contribution in [1.82, 2.24) is 19.9 Å². The Morgan fingerprint density at radius 3 is 2.25 bits per heavy atom. The molecule has 3 aliphatic rings.